The lowest BCUT2D eigenvalue weighted by atomic mass is 9.73. The highest BCUT2D eigenvalue weighted by atomic mass is 19.1. The first-order valence-electron chi connectivity index (χ1n) is 44.1. The molecule has 0 aromatic carbocycles. The SMILES string of the molecule is C.C#CCCC.C#CCCN(C)[C@H]1C[C@@H](C)O[C@@H](O[C@@H]2[C@@H](C)C(=O)[C@](C)(F)C(=O)O[C@H](CC)[C@@]3(C)OC(=O)N(CCCCn4cnc(-c5cccnc5)c4)C3[C@@H](C)C(=O)[C@H](C)C[C@@]2(C)OC)[C@@H]1O.CC[C@H]1OC(=O)[C@@](C)(F)C(=O)[C@H](C)[C@@H](O[C@@H]2O[C@H](C)C[C@H](NC)[C@H]2O)[C@](C)(OC)C[C@@H](C)C(=O)[C@H](C)C2N(CCCCn3cnc(-c4cccnc4)c3)C(=O)O[C@@]21C. The molecular formula is C94H140F2N10O20. The van der Waals surface area contributed by atoms with Gasteiger partial charge in [0, 0.05) is 156 Å². The summed E-state index contributed by atoms with van der Waals surface area (Å²) in [5, 5.41) is 26.0. The lowest BCUT2D eigenvalue weighted by molar-refractivity contribution is -0.296. The standard InChI is InChI=1S/C46H66FN5O10.C42H62FN5O10.C5H8.CH4/c1-12-14-20-50(10)34-23-29(4)59-41(37(34)54)61-40-31(6)39(55)45(8,47)42(56)60-35(13-2)46(9)38(30(5)36(53)28(3)24-44(40,7)58-11)52(43(57)62-46)22-16-15-21-51-26-33(49-27-51)32-18-17-19-48-25-32;1-11-31-42(8)34(48(39(53)58-42)18-13-12-17-47-22-30(46-23-47)28-15-14-16-45-21-28)26(4)32(49)24(2)20-40(6,54-10)36(27(5)35(51)41(7,43)38(52)56-31)57-37-33(50)29(44-9)19-25(3)55-37;1-3-5-4-2;/h1,17-19,25-31,34-35,37-38,40-41,54H,13-16,20-24H2,2-11H3;14-16,21-27,29,31,33-34,36-37,44,50H,11-13,17-20H2,1-10H3;1H,4-5H2,2H3;1H4/t28-,29-,30+,31+,34+,35-,37-,38?,40-,41+,44-,45+,46-;24-,25-,26+,27+,29+,31-,33-,34?,36-,37+,40-,41+,42-;;/m11../s1. The Labute approximate surface area is 743 Å². The number of carbonyl (C=O) groups excluding carboxylic acids is 8. The zero-order chi connectivity index (χ0) is 92.6. The number of aliphatic hydroxyl groups excluding tert-OH is 2. The molecule has 32 heteroatoms. The van der Waals surface area contributed by atoms with Crippen molar-refractivity contribution >= 4 is 47.3 Å². The summed E-state index contributed by atoms with van der Waals surface area (Å²) in [6.45, 7) is 29.2. The maximum atomic E-state index is 17.0. The van der Waals surface area contributed by atoms with Crippen molar-refractivity contribution in [3.8, 4) is 47.2 Å². The number of ether oxygens (including phenoxy) is 10. The number of methoxy groups -OCH3 is 2. The monoisotopic (exact) mass is 1770 g/mol. The van der Waals surface area contributed by atoms with Crippen LogP contribution in [0.2, 0.25) is 0 Å². The molecular weight excluding hydrogens is 1630 g/mol. The van der Waals surface area contributed by atoms with Crippen LogP contribution in [0.3, 0.4) is 0 Å². The van der Waals surface area contributed by atoms with Crippen LogP contribution in [-0.2, 0) is 89.2 Å². The third-order valence-electron chi connectivity index (χ3n) is 26.3. The number of unbranched alkanes of at least 4 members (excludes halogenated alkanes) is 3. The van der Waals surface area contributed by atoms with Crippen LogP contribution in [0.25, 0.3) is 22.5 Å². The number of rotatable bonds is 25. The van der Waals surface area contributed by atoms with E-state index < -0.39 is 184 Å². The van der Waals surface area contributed by atoms with Crippen molar-refractivity contribution in [3.05, 3.63) is 74.1 Å². The number of hydrogen-bond acceptors (Lipinski definition) is 26. The number of cyclic esters (lactones) is 2. The molecule has 2 amide bonds. The molecule has 30 nitrogen and oxygen atoms in total. The number of Topliss-reactive ketones (excluding diaryl/α,β-unsaturated/α-hetero) is 4. The molecule has 6 saturated heterocycles. The second kappa shape index (κ2) is 45.1. The molecule has 6 aliphatic rings. The van der Waals surface area contributed by atoms with Crippen molar-refractivity contribution in [1.29, 1.82) is 0 Å². The number of halogens is 2. The Kier molecular flexibility index (Phi) is 37.4. The minimum Gasteiger partial charge on any atom is -0.455 e. The van der Waals surface area contributed by atoms with Gasteiger partial charge in [-0.25, -0.2) is 37.9 Å². The van der Waals surface area contributed by atoms with Crippen molar-refractivity contribution in [2.75, 3.05) is 47.9 Å². The van der Waals surface area contributed by atoms with E-state index in [9.17, 15) is 48.6 Å². The summed E-state index contributed by atoms with van der Waals surface area (Å²) >= 11 is 0. The van der Waals surface area contributed by atoms with E-state index in [1.807, 2.05) is 71.6 Å². The Morgan fingerprint density at radius 2 is 0.984 bits per heavy atom. The summed E-state index contributed by atoms with van der Waals surface area (Å²) < 4.78 is 98.9. The average molecular weight is 1770 g/mol. The van der Waals surface area contributed by atoms with Crippen LogP contribution in [0.5, 0.6) is 0 Å². The fourth-order valence-corrected chi connectivity index (χ4v) is 19.1. The molecule has 3 N–H and O–H groups in total. The molecule has 6 aliphatic heterocycles. The van der Waals surface area contributed by atoms with Gasteiger partial charge in [0.1, 0.15) is 36.0 Å². The fraction of sp³-hybridized carbons (Fsp3) is 0.702. The predicted molar refractivity (Wildman–Crippen MR) is 467 cm³/mol. The minimum absolute atomic E-state index is 0. The van der Waals surface area contributed by atoms with E-state index in [4.69, 9.17) is 60.2 Å². The van der Waals surface area contributed by atoms with Crippen molar-refractivity contribution in [2.24, 2.45) is 35.5 Å². The molecule has 4 aromatic heterocycles. The van der Waals surface area contributed by atoms with Crippen LogP contribution in [-0.4, -0.2) is 269 Å². The van der Waals surface area contributed by atoms with Crippen molar-refractivity contribution in [3.63, 3.8) is 0 Å². The van der Waals surface area contributed by atoms with Gasteiger partial charge in [-0.2, -0.15) is 0 Å². The smallest absolute Gasteiger partial charge is 0.410 e. The molecule has 2 unspecified atom stereocenters. The summed E-state index contributed by atoms with van der Waals surface area (Å²) in [4.78, 5) is 136. The van der Waals surface area contributed by atoms with Crippen LogP contribution in [0.15, 0.2) is 74.1 Å². The number of aromatic nitrogens is 6. The number of carbonyl (C=O) groups is 8. The highest BCUT2D eigenvalue weighted by molar-refractivity contribution is 6.08. The summed E-state index contributed by atoms with van der Waals surface area (Å²) in [7, 11) is 6.33. The van der Waals surface area contributed by atoms with Crippen molar-refractivity contribution in [2.45, 2.75) is 341 Å². The van der Waals surface area contributed by atoms with E-state index in [0.29, 0.717) is 64.6 Å². The van der Waals surface area contributed by atoms with Gasteiger partial charge in [0.2, 0.25) is 0 Å². The highest BCUT2D eigenvalue weighted by Crippen LogP contribution is 2.47. The number of nitrogens with zero attached hydrogens (tertiary/aromatic N) is 9. The number of alkyl halides is 2. The molecule has 0 saturated carbocycles. The first kappa shape index (κ1) is 105. The molecule has 4 aromatic rings. The zero-order valence-corrected chi connectivity index (χ0v) is 76.9. The van der Waals surface area contributed by atoms with Crippen molar-refractivity contribution < 1.29 is 105 Å². The van der Waals surface area contributed by atoms with Crippen LogP contribution < -0.4 is 5.32 Å². The third kappa shape index (κ3) is 23.5. The number of nitrogens with one attached hydrogen (secondary N) is 1. The Balaban J connectivity index is 0.000000326. The summed E-state index contributed by atoms with van der Waals surface area (Å²) in [6, 6.07) is 4.83. The van der Waals surface area contributed by atoms with E-state index in [1.54, 1.807) is 114 Å². The Hall–Kier alpha value is -8.54. The lowest BCUT2D eigenvalue weighted by Gasteiger charge is -2.47. The predicted octanol–water partition coefficient (Wildman–Crippen LogP) is 12.1. The molecule has 0 radical (unpaired) electrons. The van der Waals surface area contributed by atoms with Gasteiger partial charge in [-0.3, -0.25) is 34.0 Å². The third-order valence-corrected chi connectivity index (χ3v) is 26.3. The second-order valence-corrected chi connectivity index (χ2v) is 35.9. The van der Waals surface area contributed by atoms with Gasteiger partial charge in [-0.1, -0.05) is 69.7 Å². The number of aryl methyl sites for hydroxylation is 2. The van der Waals surface area contributed by atoms with Gasteiger partial charge in [-0.15, -0.1) is 24.7 Å². The van der Waals surface area contributed by atoms with Crippen LogP contribution >= 0.6 is 0 Å². The molecule has 700 valence electrons. The van der Waals surface area contributed by atoms with E-state index in [2.05, 4.69) is 44.0 Å². The van der Waals surface area contributed by atoms with E-state index in [-0.39, 0.29) is 63.9 Å². The number of imidazole rings is 2. The quantitative estimate of drug-likeness (QED) is 0.0182. The highest BCUT2D eigenvalue weighted by Gasteiger charge is 2.65. The van der Waals surface area contributed by atoms with E-state index >= 15 is 8.78 Å². The van der Waals surface area contributed by atoms with Crippen LogP contribution in [0, 0.1) is 60.2 Å². The normalized spacial score (nSPS) is 35.5. The number of aliphatic hydroxyl groups is 2. The topological polar surface area (TPSA) is 352 Å². The van der Waals surface area contributed by atoms with E-state index in [1.165, 1.54) is 37.9 Å². The number of fused-ring (bicyclic) bond motifs is 2. The maximum absolute atomic E-state index is 17.0. The van der Waals surface area contributed by atoms with Gasteiger partial charge in [0.25, 0.3) is 11.3 Å². The molecule has 6 fully saturated rings. The number of hydrogen-bond donors (Lipinski definition) is 3. The first-order chi connectivity index (χ1) is 59.0. The second-order valence-electron chi connectivity index (χ2n) is 35.9. The molecule has 10 heterocycles. The average Bonchev–Trinajstić information content (AvgIpc) is 1.56. The summed E-state index contributed by atoms with van der Waals surface area (Å²) in [5.74, 6) is -6.55. The maximum Gasteiger partial charge on any atom is 0.410 e. The number of terminal acetylenes is 2. The van der Waals surface area contributed by atoms with Gasteiger partial charge in [-0.05, 0) is 164 Å². The first-order valence-corrected chi connectivity index (χ1v) is 44.1. The molecule has 26 atom stereocenters. The summed E-state index contributed by atoms with van der Waals surface area (Å²) in [5.41, 5.74) is -9.14. The largest absolute Gasteiger partial charge is 0.455 e. The Morgan fingerprint density at radius 3 is 1.34 bits per heavy atom. The number of amides is 2. The molecule has 126 heavy (non-hydrogen) atoms. The number of likely N-dealkylation sites (N-methyl/N-ethyl adjacent to an activating group) is 2. The van der Waals surface area contributed by atoms with Gasteiger partial charge >= 0.3 is 24.1 Å². The number of esters is 2. The minimum atomic E-state index is -3.20. The van der Waals surface area contributed by atoms with Gasteiger partial charge < -0.3 is 81.8 Å². The van der Waals surface area contributed by atoms with Gasteiger partial charge in [0.05, 0.1) is 71.7 Å². The van der Waals surface area contributed by atoms with Gasteiger partial charge in [0.15, 0.2) is 35.3 Å². The van der Waals surface area contributed by atoms with Crippen LogP contribution in [0.4, 0.5) is 18.4 Å². The van der Waals surface area contributed by atoms with Crippen LogP contribution in [0.1, 0.15) is 209 Å². The van der Waals surface area contributed by atoms with E-state index in [0.717, 1.165) is 49.2 Å². The molecule has 0 spiro atoms. The Morgan fingerprint density at radius 1 is 0.587 bits per heavy atom. The molecule has 10 rings (SSSR count). The number of pyridine rings is 2. The molecule has 0 aliphatic carbocycles. The Bertz CT molecular complexity index is 4350. The van der Waals surface area contributed by atoms with Crippen molar-refractivity contribution in [1.82, 2.24) is 49.1 Å². The lowest BCUT2D eigenvalue weighted by Crippen LogP contribution is -2.62. The fourth-order valence-electron chi connectivity index (χ4n) is 19.1. The molecule has 0 bridgehead atoms. The number of ketones is 4. The zero-order valence-electron chi connectivity index (χ0n) is 76.9. The summed E-state index contributed by atoms with van der Waals surface area (Å²) in [6.07, 6.45) is 18.4.